The number of nitrogen functional groups attached to an aromatic ring is 1. The van der Waals surface area contributed by atoms with Gasteiger partial charge in [0, 0.05) is 19.4 Å². The van der Waals surface area contributed by atoms with E-state index in [9.17, 15) is 4.79 Å². The average molecular weight is 269 g/mol. The predicted molar refractivity (Wildman–Crippen MR) is 78.0 cm³/mol. The highest BCUT2D eigenvalue weighted by molar-refractivity contribution is 6.06. The molecule has 0 radical (unpaired) electrons. The molecule has 0 aliphatic rings. The Morgan fingerprint density at radius 3 is 2.85 bits per heavy atom. The predicted octanol–water partition coefficient (Wildman–Crippen LogP) is 1.67. The van der Waals surface area contributed by atoms with Crippen LogP contribution in [0.15, 0.2) is 24.3 Å². The summed E-state index contributed by atoms with van der Waals surface area (Å²) in [6, 6.07) is 7.75. The number of imidazole rings is 1. The number of nitrogens with zero attached hydrogens (tertiary/aromatic N) is 3. The van der Waals surface area contributed by atoms with Crippen molar-refractivity contribution in [2.75, 3.05) is 12.8 Å². The first-order chi connectivity index (χ1) is 9.56. The lowest BCUT2D eigenvalue weighted by Gasteiger charge is -2.11. The van der Waals surface area contributed by atoms with E-state index in [0.717, 1.165) is 16.4 Å². The first-order valence-electron chi connectivity index (χ1n) is 6.31. The number of aromatic nitrogens is 3. The zero-order valence-corrected chi connectivity index (χ0v) is 11.3. The molecule has 3 rings (SSSR count). The SMILES string of the molecule is CC(=O)N(C)Cc1nc2c(N)nc3ccccc3c2[nH]1. The summed E-state index contributed by atoms with van der Waals surface area (Å²) in [5.41, 5.74) is 8.29. The molecule has 0 spiro atoms. The number of carbonyl (C=O) groups excluding carboxylic acids is 1. The van der Waals surface area contributed by atoms with Crippen molar-refractivity contribution in [2.24, 2.45) is 0 Å². The number of nitrogens with one attached hydrogen (secondary N) is 1. The van der Waals surface area contributed by atoms with Gasteiger partial charge in [0.1, 0.15) is 11.3 Å². The van der Waals surface area contributed by atoms with Gasteiger partial charge in [0.15, 0.2) is 5.82 Å². The van der Waals surface area contributed by atoms with Crippen molar-refractivity contribution >= 4 is 33.7 Å². The van der Waals surface area contributed by atoms with Crippen LogP contribution in [0, 0.1) is 0 Å². The maximum absolute atomic E-state index is 11.3. The standard InChI is InChI=1S/C14H15N5O/c1-8(20)19(2)7-11-17-12-9-5-3-4-6-10(9)16-14(15)13(12)18-11/h3-6H,7H2,1-2H3,(H2,15,16)(H,17,18). The molecule has 6 nitrogen and oxygen atoms in total. The fourth-order valence-corrected chi connectivity index (χ4v) is 2.18. The minimum atomic E-state index is -0.0126. The molecular formula is C14H15N5O. The first kappa shape index (κ1) is 12.4. The van der Waals surface area contributed by atoms with Gasteiger partial charge in [0.2, 0.25) is 5.91 Å². The third-order valence-electron chi connectivity index (χ3n) is 3.33. The van der Waals surface area contributed by atoms with Crippen molar-refractivity contribution in [3.8, 4) is 0 Å². The lowest BCUT2D eigenvalue weighted by Crippen LogP contribution is -2.23. The lowest BCUT2D eigenvalue weighted by atomic mass is 10.2. The minimum absolute atomic E-state index is 0.0126. The number of hydrogen-bond acceptors (Lipinski definition) is 4. The van der Waals surface area contributed by atoms with Gasteiger partial charge in [-0.2, -0.15) is 0 Å². The van der Waals surface area contributed by atoms with E-state index in [1.54, 1.807) is 11.9 Å². The number of amides is 1. The fraction of sp³-hybridized carbons (Fsp3) is 0.214. The Kier molecular flexibility index (Phi) is 2.78. The van der Waals surface area contributed by atoms with Gasteiger partial charge < -0.3 is 15.6 Å². The maximum atomic E-state index is 11.3. The zero-order chi connectivity index (χ0) is 14.3. The van der Waals surface area contributed by atoms with Crippen molar-refractivity contribution in [1.82, 2.24) is 19.9 Å². The number of anilines is 1. The number of benzene rings is 1. The fourth-order valence-electron chi connectivity index (χ4n) is 2.18. The van der Waals surface area contributed by atoms with E-state index >= 15 is 0 Å². The highest BCUT2D eigenvalue weighted by Crippen LogP contribution is 2.25. The summed E-state index contributed by atoms with van der Waals surface area (Å²) in [5, 5.41) is 0.973. The van der Waals surface area contributed by atoms with Crippen LogP contribution in [-0.4, -0.2) is 32.8 Å². The molecule has 1 amide bonds. The molecule has 0 bridgehead atoms. The number of H-pyrrole nitrogens is 1. The van der Waals surface area contributed by atoms with E-state index in [0.29, 0.717) is 23.7 Å². The van der Waals surface area contributed by atoms with Crippen molar-refractivity contribution in [3.63, 3.8) is 0 Å². The molecule has 2 aromatic heterocycles. The molecule has 0 aliphatic carbocycles. The molecule has 20 heavy (non-hydrogen) atoms. The molecule has 0 atom stereocenters. The number of aromatic amines is 1. The summed E-state index contributed by atoms with van der Waals surface area (Å²) in [4.78, 5) is 24.9. The van der Waals surface area contributed by atoms with Gasteiger partial charge in [0.25, 0.3) is 0 Å². The van der Waals surface area contributed by atoms with Crippen LogP contribution >= 0.6 is 0 Å². The van der Waals surface area contributed by atoms with Crippen LogP contribution in [0.25, 0.3) is 21.9 Å². The second kappa shape index (κ2) is 4.48. The third kappa shape index (κ3) is 1.95. The Balaban J connectivity index is 2.17. The normalized spacial score (nSPS) is 11.1. The maximum Gasteiger partial charge on any atom is 0.219 e. The molecule has 1 aromatic carbocycles. The molecule has 0 aliphatic heterocycles. The summed E-state index contributed by atoms with van der Waals surface area (Å²) in [5.74, 6) is 1.08. The first-order valence-corrected chi connectivity index (χ1v) is 6.31. The highest BCUT2D eigenvalue weighted by atomic mass is 16.2. The van der Waals surface area contributed by atoms with Crippen molar-refractivity contribution < 1.29 is 4.79 Å². The Morgan fingerprint density at radius 1 is 1.35 bits per heavy atom. The van der Waals surface area contributed by atoms with Crippen LogP contribution < -0.4 is 5.73 Å². The average Bonchev–Trinajstić information content (AvgIpc) is 2.83. The van der Waals surface area contributed by atoms with Crippen LogP contribution in [0.5, 0.6) is 0 Å². The van der Waals surface area contributed by atoms with Gasteiger partial charge in [-0.1, -0.05) is 18.2 Å². The van der Waals surface area contributed by atoms with Crippen LogP contribution in [0.3, 0.4) is 0 Å². The van der Waals surface area contributed by atoms with Crippen LogP contribution in [0.4, 0.5) is 5.82 Å². The van der Waals surface area contributed by atoms with Gasteiger partial charge in [-0.3, -0.25) is 4.79 Å². The second-order valence-electron chi connectivity index (χ2n) is 4.80. The number of carbonyl (C=O) groups is 1. The molecule has 0 fully saturated rings. The van der Waals surface area contributed by atoms with E-state index < -0.39 is 0 Å². The number of rotatable bonds is 2. The number of nitrogens with two attached hydrogens (primary N) is 1. The monoisotopic (exact) mass is 269 g/mol. The number of fused-ring (bicyclic) bond motifs is 3. The number of pyridine rings is 1. The van der Waals surface area contributed by atoms with Gasteiger partial charge in [-0.15, -0.1) is 0 Å². The second-order valence-corrected chi connectivity index (χ2v) is 4.80. The van der Waals surface area contributed by atoms with Crippen LogP contribution in [0.2, 0.25) is 0 Å². The van der Waals surface area contributed by atoms with E-state index in [2.05, 4.69) is 15.0 Å². The largest absolute Gasteiger partial charge is 0.382 e. The Morgan fingerprint density at radius 2 is 2.10 bits per heavy atom. The van der Waals surface area contributed by atoms with E-state index in [-0.39, 0.29) is 5.91 Å². The smallest absolute Gasteiger partial charge is 0.219 e. The van der Waals surface area contributed by atoms with E-state index in [1.807, 2.05) is 24.3 Å². The van der Waals surface area contributed by atoms with Crippen molar-refractivity contribution in [3.05, 3.63) is 30.1 Å². The van der Waals surface area contributed by atoms with Crippen molar-refractivity contribution in [1.29, 1.82) is 0 Å². The summed E-state index contributed by atoms with van der Waals surface area (Å²) in [7, 11) is 1.73. The molecule has 0 unspecified atom stereocenters. The summed E-state index contributed by atoms with van der Waals surface area (Å²) < 4.78 is 0. The lowest BCUT2D eigenvalue weighted by molar-refractivity contribution is -0.128. The molecule has 3 aromatic rings. The van der Waals surface area contributed by atoms with E-state index in [1.165, 1.54) is 6.92 Å². The van der Waals surface area contributed by atoms with E-state index in [4.69, 9.17) is 5.73 Å². The number of hydrogen-bond donors (Lipinski definition) is 2. The molecular weight excluding hydrogens is 254 g/mol. The summed E-state index contributed by atoms with van der Waals surface area (Å²) >= 11 is 0. The summed E-state index contributed by atoms with van der Waals surface area (Å²) in [6.45, 7) is 1.94. The van der Waals surface area contributed by atoms with Gasteiger partial charge >= 0.3 is 0 Å². The van der Waals surface area contributed by atoms with Gasteiger partial charge in [-0.05, 0) is 6.07 Å². The Bertz CT molecular complexity index is 808. The van der Waals surface area contributed by atoms with Gasteiger partial charge in [-0.25, -0.2) is 9.97 Å². The highest BCUT2D eigenvalue weighted by Gasteiger charge is 2.13. The Labute approximate surface area is 115 Å². The molecule has 6 heteroatoms. The molecule has 0 saturated heterocycles. The Hall–Kier alpha value is -2.63. The van der Waals surface area contributed by atoms with Crippen molar-refractivity contribution in [2.45, 2.75) is 13.5 Å². The molecule has 102 valence electrons. The quantitative estimate of drug-likeness (QED) is 0.740. The summed E-state index contributed by atoms with van der Waals surface area (Å²) in [6.07, 6.45) is 0. The minimum Gasteiger partial charge on any atom is -0.382 e. The third-order valence-corrected chi connectivity index (χ3v) is 3.33. The topological polar surface area (TPSA) is 87.9 Å². The van der Waals surface area contributed by atoms with Gasteiger partial charge in [0.05, 0.1) is 17.6 Å². The van der Waals surface area contributed by atoms with Crippen LogP contribution in [-0.2, 0) is 11.3 Å². The molecule has 3 N–H and O–H groups in total. The molecule has 2 heterocycles. The number of para-hydroxylation sites is 1. The van der Waals surface area contributed by atoms with Crippen LogP contribution in [0.1, 0.15) is 12.7 Å². The zero-order valence-electron chi connectivity index (χ0n) is 11.3. The molecule has 0 saturated carbocycles.